The summed E-state index contributed by atoms with van der Waals surface area (Å²) in [6.45, 7) is 16.2. The van der Waals surface area contributed by atoms with E-state index in [9.17, 15) is 14.7 Å². The van der Waals surface area contributed by atoms with E-state index in [4.69, 9.17) is 21.1 Å². The number of benzene rings is 2. The van der Waals surface area contributed by atoms with Crippen molar-refractivity contribution in [3.05, 3.63) is 58.7 Å². The van der Waals surface area contributed by atoms with Gasteiger partial charge < -0.3 is 24.5 Å². The van der Waals surface area contributed by atoms with Crippen molar-refractivity contribution in [2.45, 2.75) is 115 Å². The highest BCUT2D eigenvalue weighted by molar-refractivity contribution is 8.00. The number of nitrogens with one attached hydrogen (secondary N) is 1. The number of thioether (sulfide) groups is 1. The topological polar surface area (TPSA) is 91.9 Å². The van der Waals surface area contributed by atoms with Crippen LogP contribution in [-0.4, -0.2) is 56.1 Å². The number of likely N-dealkylation sites (tertiary alicyclic amines) is 1. The fourth-order valence-electron chi connectivity index (χ4n) is 5.52. The lowest BCUT2D eigenvalue weighted by Crippen LogP contribution is -2.53. The van der Waals surface area contributed by atoms with Crippen LogP contribution in [0.3, 0.4) is 0 Å². The second-order valence-electron chi connectivity index (χ2n) is 14.4. The van der Waals surface area contributed by atoms with Crippen molar-refractivity contribution >= 4 is 46.3 Å². The lowest BCUT2D eigenvalue weighted by atomic mass is 9.88. The number of aromatic amines is 1. The average molecular weight is 643 g/mol. The lowest BCUT2D eigenvalue weighted by Gasteiger charge is -2.40. The van der Waals surface area contributed by atoms with Crippen LogP contribution < -0.4 is 4.74 Å². The first-order valence-corrected chi connectivity index (χ1v) is 16.6. The fourth-order valence-corrected chi connectivity index (χ4v) is 6.78. The first-order chi connectivity index (χ1) is 20.4. The zero-order chi connectivity index (χ0) is 32.4. The molecular formula is C35H47ClN2O5S. The number of carboxylic acid groups (broad SMARTS) is 1. The Morgan fingerprint density at radius 3 is 2.34 bits per heavy atom. The minimum Gasteiger partial charge on any atom is -0.488 e. The number of piperidine rings is 1. The number of H-pyrrole nitrogens is 1. The molecular weight excluding hydrogens is 596 g/mol. The molecule has 0 radical (unpaired) electrons. The molecule has 0 aliphatic carbocycles. The van der Waals surface area contributed by atoms with Gasteiger partial charge in [-0.2, -0.15) is 0 Å². The molecule has 0 saturated carbocycles. The van der Waals surface area contributed by atoms with E-state index in [1.807, 2.05) is 68.1 Å². The Kier molecular flexibility index (Phi) is 10.3. The van der Waals surface area contributed by atoms with Gasteiger partial charge in [0.2, 0.25) is 0 Å². The Hall–Kier alpha value is -2.84. The third kappa shape index (κ3) is 8.87. The van der Waals surface area contributed by atoms with E-state index < -0.39 is 17.0 Å². The number of carboxylic acids is 1. The molecule has 1 saturated heterocycles. The van der Waals surface area contributed by atoms with Crippen LogP contribution in [0.4, 0.5) is 4.79 Å². The van der Waals surface area contributed by atoms with Crippen LogP contribution in [0.5, 0.6) is 5.75 Å². The number of carbonyl (C=O) groups is 2. The molecule has 0 bridgehead atoms. The number of halogens is 1. The van der Waals surface area contributed by atoms with Gasteiger partial charge in [0.05, 0.1) is 11.5 Å². The summed E-state index contributed by atoms with van der Waals surface area (Å²) in [5.41, 5.74) is 1.38. The predicted octanol–water partition coefficient (Wildman–Crippen LogP) is 9.14. The van der Waals surface area contributed by atoms with Crippen molar-refractivity contribution in [3.63, 3.8) is 0 Å². The molecule has 7 nitrogen and oxygen atoms in total. The van der Waals surface area contributed by atoms with E-state index in [2.05, 4.69) is 25.8 Å². The van der Waals surface area contributed by atoms with E-state index in [-0.39, 0.29) is 23.0 Å². The zero-order valence-corrected chi connectivity index (χ0v) is 28.8. The fraction of sp³-hybridized carbons (Fsp3) is 0.543. The van der Waals surface area contributed by atoms with Crippen LogP contribution in [-0.2, 0) is 22.4 Å². The van der Waals surface area contributed by atoms with Gasteiger partial charge in [-0.15, -0.1) is 11.8 Å². The third-order valence-electron chi connectivity index (χ3n) is 7.65. The molecule has 1 fully saturated rings. The Bertz CT molecular complexity index is 1470. The lowest BCUT2D eigenvalue weighted by molar-refractivity contribution is -0.146. The minimum atomic E-state index is -0.927. The molecule has 240 valence electrons. The highest BCUT2D eigenvalue weighted by atomic mass is 35.5. The third-order valence-corrected chi connectivity index (χ3v) is 9.18. The molecule has 1 amide bonds. The van der Waals surface area contributed by atoms with Gasteiger partial charge in [0.1, 0.15) is 17.5 Å². The van der Waals surface area contributed by atoms with Gasteiger partial charge in [-0.25, -0.2) is 4.79 Å². The van der Waals surface area contributed by atoms with Crippen molar-refractivity contribution in [1.29, 1.82) is 0 Å². The second kappa shape index (κ2) is 13.3. The summed E-state index contributed by atoms with van der Waals surface area (Å²) in [4.78, 5) is 31.8. The largest absolute Gasteiger partial charge is 0.488 e. The number of aliphatic carboxylic acids is 1. The summed E-state index contributed by atoms with van der Waals surface area (Å²) in [5, 5.41) is 11.5. The number of hydrogen-bond acceptors (Lipinski definition) is 5. The van der Waals surface area contributed by atoms with Crippen molar-refractivity contribution in [2.24, 2.45) is 5.41 Å². The van der Waals surface area contributed by atoms with Crippen LogP contribution in [0.2, 0.25) is 5.02 Å². The van der Waals surface area contributed by atoms with Gasteiger partial charge in [-0.3, -0.25) is 4.79 Å². The Morgan fingerprint density at radius 2 is 1.73 bits per heavy atom. The summed E-state index contributed by atoms with van der Waals surface area (Å²) in [7, 11) is 0. The molecule has 2 N–H and O–H groups in total. The summed E-state index contributed by atoms with van der Waals surface area (Å²) in [6, 6.07) is 13.6. The van der Waals surface area contributed by atoms with E-state index in [0.29, 0.717) is 30.2 Å². The maximum atomic E-state index is 13.4. The Balaban J connectivity index is 1.74. The van der Waals surface area contributed by atoms with Crippen LogP contribution in [0.15, 0.2) is 47.4 Å². The number of nitrogens with zero attached hydrogens (tertiary/aromatic N) is 1. The molecule has 44 heavy (non-hydrogen) atoms. The molecule has 2 unspecified atom stereocenters. The van der Waals surface area contributed by atoms with Crippen LogP contribution >= 0.6 is 23.4 Å². The van der Waals surface area contributed by atoms with Gasteiger partial charge >= 0.3 is 12.1 Å². The molecule has 2 atom stereocenters. The van der Waals surface area contributed by atoms with Gasteiger partial charge in [0.15, 0.2) is 0 Å². The number of ether oxygens (including phenoxy) is 2. The quantitative estimate of drug-likeness (QED) is 0.226. The van der Waals surface area contributed by atoms with Crippen LogP contribution in [0.1, 0.15) is 85.9 Å². The predicted molar refractivity (Wildman–Crippen MR) is 179 cm³/mol. The first kappa shape index (κ1) is 34.0. The average Bonchev–Trinajstić information content (AvgIpc) is 3.22. The molecule has 1 aliphatic rings. The Labute approximate surface area is 271 Å². The molecule has 4 rings (SSSR count). The molecule has 2 heterocycles. The number of rotatable bonds is 9. The SMILES string of the molecule is CC(C)(C)OC(=O)N1CCCCC1C(Cc1ccc(Cl)cc1)Oc1ccc2[nH]c(CC(C)(C)C(=O)O)c(SC(C)(C)C)c2c1. The molecule has 1 aromatic heterocycles. The van der Waals surface area contributed by atoms with Gasteiger partial charge in [-0.1, -0.05) is 44.5 Å². The number of amides is 1. The molecule has 0 spiro atoms. The zero-order valence-electron chi connectivity index (χ0n) is 27.3. The van der Waals surface area contributed by atoms with Crippen LogP contribution in [0, 0.1) is 5.41 Å². The molecule has 2 aromatic carbocycles. The molecule has 1 aliphatic heterocycles. The summed E-state index contributed by atoms with van der Waals surface area (Å²) < 4.78 is 12.6. The van der Waals surface area contributed by atoms with Gasteiger partial charge in [-0.05, 0) is 89.8 Å². The summed E-state index contributed by atoms with van der Waals surface area (Å²) >= 11 is 7.91. The number of aromatic nitrogens is 1. The molecule has 9 heteroatoms. The highest BCUT2D eigenvalue weighted by Crippen LogP contribution is 2.42. The van der Waals surface area contributed by atoms with Gasteiger partial charge in [0.25, 0.3) is 0 Å². The second-order valence-corrected chi connectivity index (χ2v) is 16.7. The van der Waals surface area contributed by atoms with E-state index in [1.165, 1.54) is 0 Å². The van der Waals surface area contributed by atoms with E-state index in [1.54, 1.807) is 25.6 Å². The highest BCUT2D eigenvalue weighted by Gasteiger charge is 2.37. The number of hydrogen-bond donors (Lipinski definition) is 2. The molecule has 3 aromatic rings. The maximum Gasteiger partial charge on any atom is 0.410 e. The number of carbonyl (C=O) groups excluding carboxylic acids is 1. The first-order valence-electron chi connectivity index (χ1n) is 15.4. The van der Waals surface area contributed by atoms with Crippen molar-refractivity contribution in [2.75, 3.05) is 6.54 Å². The summed E-state index contributed by atoms with van der Waals surface area (Å²) in [5.74, 6) is -0.135. The monoisotopic (exact) mass is 642 g/mol. The summed E-state index contributed by atoms with van der Waals surface area (Å²) in [6.07, 6.45) is 3.04. The normalized spacial score (nSPS) is 17.0. The maximum absolute atomic E-state index is 13.4. The van der Waals surface area contributed by atoms with E-state index in [0.717, 1.165) is 46.3 Å². The number of fused-ring (bicyclic) bond motifs is 1. The minimum absolute atomic E-state index is 0.0960. The van der Waals surface area contributed by atoms with Crippen molar-refractivity contribution in [3.8, 4) is 5.75 Å². The van der Waals surface area contributed by atoms with E-state index >= 15 is 0 Å². The van der Waals surface area contributed by atoms with Gasteiger partial charge in [0, 0.05) is 50.6 Å². The standard InChI is InChI=1S/C35H47ClN2O5S/c1-33(2,3)43-32(41)38-18-10-9-11-28(38)29(19-22-12-14-23(36)15-13-22)42-24-16-17-26-25(20-24)30(44-34(4,5)6)27(37-26)21-35(7,8)31(39)40/h12-17,20,28-29,37H,9-11,18-19,21H2,1-8H3,(H,39,40). The van der Waals surface area contributed by atoms with Crippen molar-refractivity contribution < 1.29 is 24.2 Å². The van der Waals surface area contributed by atoms with Crippen LogP contribution in [0.25, 0.3) is 10.9 Å². The van der Waals surface area contributed by atoms with Crippen molar-refractivity contribution in [1.82, 2.24) is 9.88 Å². The smallest absolute Gasteiger partial charge is 0.410 e. The Morgan fingerprint density at radius 1 is 1.05 bits per heavy atom.